The Morgan fingerprint density at radius 3 is 2.50 bits per heavy atom. The number of sulfone groups is 1. The highest BCUT2D eigenvalue weighted by Gasteiger charge is 2.30. The quantitative estimate of drug-likeness (QED) is 0.638. The molecule has 9 heteroatoms. The summed E-state index contributed by atoms with van der Waals surface area (Å²) in [6.45, 7) is 2.11. The predicted molar refractivity (Wildman–Crippen MR) is 104 cm³/mol. The highest BCUT2D eigenvalue weighted by Crippen LogP contribution is 2.28. The van der Waals surface area contributed by atoms with Gasteiger partial charge in [-0.1, -0.05) is 12.1 Å². The molecule has 1 aromatic carbocycles. The number of para-hydroxylation sites is 2. The van der Waals surface area contributed by atoms with E-state index in [0.717, 1.165) is 11.4 Å². The van der Waals surface area contributed by atoms with E-state index in [-0.39, 0.29) is 36.4 Å². The van der Waals surface area contributed by atoms with Gasteiger partial charge in [0.25, 0.3) is 5.91 Å². The maximum Gasteiger partial charge on any atom is 0.306 e. The summed E-state index contributed by atoms with van der Waals surface area (Å²) < 4.78 is 33.3. The molecule has 2 heterocycles. The van der Waals surface area contributed by atoms with Gasteiger partial charge in [0.2, 0.25) is 0 Å². The van der Waals surface area contributed by atoms with E-state index in [1.165, 1.54) is 0 Å². The van der Waals surface area contributed by atoms with Crippen molar-refractivity contribution in [2.24, 2.45) is 5.92 Å². The zero-order valence-corrected chi connectivity index (χ0v) is 16.8. The van der Waals surface area contributed by atoms with Crippen molar-refractivity contribution >= 4 is 27.4 Å². The zero-order chi connectivity index (χ0) is 20.1. The van der Waals surface area contributed by atoms with E-state index >= 15 is 0 Å². The van der Waals surface area contributed by atoms with Crippen molar-refractivity contribution in [3.63, 3.8) is 0 Å². The van der Waals surface area contributed by atoms with Crippen LogP contribution in [0.4, 0.5) is 5.69 Å². The second kappa shape index (κ2) is 8.81. The molecular formula is C19H26N2O6S. The van der Waals surface area contributed by atoms with Gasteiger partial charge in [-0.05, 0) is 24.5 Å². The van der Waals surface area contributed by atoms with E-state index in [1.54, 1.807) is 12.0 Å². The van der Waals surface area contributed by atoms with Crippen LogP contribution in [-0.4, -0.2) is 76.6 Å². The maximum atomic E-state index is 12.3. The Bertz CT molecular complexity index is 817. The molecule has 2 fully saturated rings. The van der Waals surface area contributed by atoms with E-state index in [4.69, 9.17) is 9.47 Å². The van der Waals surface area contributed by atoms with E-state index < -0.39 is 15.8 Å². The normalized spacial score (nSPS) is 21.4. The number of carbonyl (C=O) groups is 2. The number of rotatable bonds is 6. The third kappa shape index (κ3) is 5.15. The first-order valence-corrected chi connectivity index (χ1v) is 11.2. The van der Waals surface area contributed by atoms with Gasteiger partial charge in [-0.2, -0.15) is 0 Å². The van der Waals surface area contributed by atoms with Crippen LogP contribution in [0.3, 0.4) is 0 Å². The van der Waals surface area contributed by atoms with Gasteiger partial charge in [0, 0.05) is 32.6 Å². The third-order valence-corrected chi connectivity index (χ3v) is 7.03. The largest absolute Gasteiger partial charge is 0.495 e. The molecule has 1 atom stereocenters. The van der Waals surface area contributed by atoms with Crippen molar-refractivity contribution < 1.29 is 27.5 Å². The van der Waals surface area contributed by atoms with Gasteiger partial charge in [0.15, 0.2) is 16.4 Å². The fourth-order valence-corrected chi connectivity index (χ4v) is 5.51. The SMILES string of the molecule is COc1ccccc1N1CCN(C(=O)COC(=O)C[C@H]2CCS(=O)(=O)C2)CC1. The van der Waals surface area contributed by atoms with Crippen LogP contribution in [0.5, 0.6) is 5.75 Å². The molecule has 28 heavy (non-hydrogen) atoms. The minimum absolute atomic E-state index is 0.0287. The molecule has 1 amide bonds. The van der Waals surface area contributed by atoms with E-state index in [0.29, 0.717) is 32.6 Å². The molecule has 0 bridgehead atoms. The topological polar surface area (TPSA) is 93.2 Å². The molecule has 0 saturated carbocycles. The maximum absolute atomic E-state index is 12.3. The van der Waals surface area contributed by atoms with E-state index in [2.05, 4.69) is 4.90 Å². The van der Waals surface area contributed by atoms with Crippen LogP contribution in [0.25, 0.3) is 0 Å². The lowest BCUT2D eigenvalue weighted by atomic mass is 10.1. The average Bonchev–Trinajstić information content (AvgIpc) is 3.04. The molecule has 154 valence electrons. The Morgan fingerprint density at radius 2 is 1.86 bits per heavy atom. The summed E-state index contributed by atoms with van der Waals surface area (Å²) in [5.74, 6) is 0.0127. The second-order valence-electron chi connectivity index (χ2n) is 7.17. The molecular weight excluding hydrogens is 384 g/mol. The number of methoxy groups -OCH3 is 1. The minimum Gasteiger partial charge on any atom is -0.495 e. The number of amides is 1. The summed E-state index contributed by atoms with van der Waals surface area (Å²) in [5, 5.41) is 0. The molecule has 2 aliphatic rings. The summed E-state index contributed by atoms with van der Waals surface area (Å²) in [4.78, 5) is 28.1. The Morgan fingerprint density at radius 1 is 1.14 bits per heavy atom. The van der Waals surface area contributed by atoms with Crippen molar-refractivity contribution in [2.75, 3.05) is 56.3 Å². The van der Waals surface area contributed by atoms with Crippen LogP contribution in [0, 0.1) is 5.92 Å². The fourth-order valence-electron chi connectivity index (χ4n) is 3.65. The predicted octanol–water partition coefficient (Wildman–Crippen LogP) is 0.712. The molecule has 0 aromatic heterocycles. The van der Waals surface area contributed by atoms with Gasteiger partial charge in [-0.25, -0.2) is 8.42 Å². The number of hydrogen-bond acceptors (Lipinski definition) is 7. The van der Waals surface area contributed by atoms with Crippen molar-refractivity contribution in [1.82, 2.24) is 4.90 Å². The van der Waals surface area contributed by atoms with Gasteiger partial charge in [0.1, 0.15) is 5.75 Å². The summed E-state index contributed by atoms with van der Waals surface area (Å²) in [7, 11) is -1.39. The van der Waals surface area contributed by atoms with Crippen LogP contribution in [0.15, 0.2) is 24.3 Å². The number of nitrogens with zero attached hydrogens (tertiary/aromatic N) is 2. The third-order valence-electron chi connectivity index (χ3n) is 5.20. The van der Waals surface area contributed by atoms with Gasteiger partial charge in [-0.3, -0.25) is 9.59 Å². The second-order valence-corrected chi connectivity index (χ2v) is 9.40. The standard InChI is InChI=1S/C19H26N2O6S/c1-26-17-5-3-2-4-16(17)20-7-9-21(10-8-20)18(22)13-27-19(23)12-15-6-11-28(24,25)14-15/h2-5,15H,6-14H2,1H3/t15-/m1/s1. The van der Waals surface area contributed by atoms with E-state index in [1.807, 2.05) is 24.3 Å². The molecule has 2 saturated heterocycles. The van der Waals surface area contributed by atoms with Gasteiger partial charge in [0.05, 0.1) is 24.3 Å². The first-order valence-electron chi connectivity index (χ1n) is 9.40. The monoisotopic (exact) mass is 410 g/mol. The number of ether oxygens (including phenoxy) is 2. The number of piperazine rings is 1. The molecule has 1 aromatic rings. The van der Waals surface area contributed by atoms with Gasteiger partial charge >= 0.3 is 5.97 Å². The highest BCUT2D eigenvalue weighted by atomic mass is 32.2. The number of esters is 1. The number of carbonyl (C=O) groups excluding carboxylic acids is 2. The lowest BCUT2D eigenvalue weighted by Crippen LogP contribution is -2.50. The van der Waals surface area contributed by atoms with Crippen LogP contribution < -0.4 is 9.64 Å². The number of anilines is 1. The smallest absolute Gasteiger partial charge is 0.306 e. The molecule has 0 spiro atoms. The Balaban J connectivity index is 1.42. The Labute approximate surface area is 165 Å². The molecule has 0 radical (unpaired) electrons. The molecule has 2 aliphatic heterocycles. The minimum atomic E-state index is -3.02. The summed E-state index contributed by atoms with van der Waals surface area (Å²) >= 11 is 0. The van der Waals surface area contributed by atoms with Crippen molar-refractivity contribution in [1.29, 1.82) is 0 Å². The van der Waals surface area contributed by atoms with Crippen LogP contribution in [0.1, 0.15) is 12.8 Å². The lowest BCUT2D eigenvalue weighted by molar-refractivity contribution is -0.152. The Kier molecular flexibility index (Phi) is 6.43. The lowest BCUT2D eigenvalue weighted by Gasteiger charge is -2.36. The van der Waals surface area contributed by atoms with E-state index in [9.17, 15) is 18.0 Å². The molecule has 8 nitrogen and oxygen atoms in total. The highest BCUT2D eigenvalue weighted by molar-refractivity contribution is 7.91. The van der Waals surface area contributed by atoms with Crippen LogP contribution >= 0.6 is 0 Å². The number of hydrogen-bond donors (Lipinski definition) is 0. The van der Waals surface area contributed by atoms with Crippen LogP contribution in [-0.2, 0) is 24.2 Å². The number of benzene rings is 1. The fraction of sp³-hybridized carbons (Fsp3) is 0.579. The first kappa shape index (κ1) is 20.4. The van der Waals surface area contributed by atoms with Crippen molar-refractivity contribution in [2.45, 2.75) is 12.8 Å². The summed E-state index contributed by atoms with van der Waals surface area (Å²) in [6, 6.07) is 7.76. The molecule has 0 unspecified atom stereocenters. The van der Waals surface area contributed by atoms with Crippen molar-refractivity contribution in [3.8, 4) is 5.75 Å². The van der Waals surface area contributed by atoms with Gasteiger partial charge in [-0.15, -0.1) is 0 Å². The molecule has 0 N–H and O–H groups in total. The Hall–Kier alpha value is -2.29. The molecule has 3 rings (SSSR count). The van der Waals surface area contributed by atoms with Gasteiger partial charge < -0.3 is 19.3 Å². The molecule has 0 aliphatic carbocycles. The first-order chi connectivity index (χ1) is 13.4. The summed E-state index contributed by atoms with van der Waals surface area (Å²) in [6.07, 6.45) is 0.532. The summed E-state index contributed by atoms with van der Waals surface area (Å²) in [5.41, 5.74) is 0.995. The van der Waals surface area contributed by atoms with Crippen molar-refractivity contribution in [3.05, 3.63) is 24.3 Å². The average molecular weight is 410 g/mol. The van der Waals surface area contributed by atoms with Crippen LogP contribution in [0.2, 0.25) is 0 Å². The zero-order valence-electron chi connectivity index (χ0n) is 16.0.